The molecule has 0 aliphatic heterocycles. The normalized spacial score (nSPS) is 10.9. The number of alkyl halides is 3. The second-order valence-corrected chi connectivity index (χ2v) is 4.12. The van der Waals surface area contributed by atoms with E-state index in [1.807, 2.05) is 0 Å². The van der Waals surface area contributed by atoms with Gasteiger partial charge in [-0.3, -0.25) is 0 Å². The van der Waals surface area contributed by atoms with Gasteiger partial charge in [0.25, 0.3) is 0 Å². The van der Waals surface area contributed by atoms with E-state index in [9.17, 15) is 13.2 Å². The van der Waals surface area contributed by atoms with Crippen LogP contribution in [-0.4, -0.2) is 0 Å². The smallest absolute Gasteiger partial charge is 0.399 e. The zero-order valence-corrected chi connectivity index (χ0v) is 10.2. The van der Waals surface area contributed by atoms with Crippen molar-refractivity contribution in [1.82, 2.24) is 0 Å². The first-order chi connectivity index (χ1) is 9.40. The molecule has 2 aromatic rings. The molecule has 0 atom stereocenters. The third-order valence-electron chi connectivity index (χ3n) is 2.66. The molecule has 0 fully saturated rings. The fourth-order valence-corrected chi connectivity index (χ4v) is 1.64. The molecule has 0 amide bonds. The second kappa shape index (κ2) is 5.13. The molecule has 0 unspecified atom stereocenters. The highest BCUT2D eigenvalue weighted by atomic mass is 19.4. The molecule has 2 rings (SSSR count). The van der Waals surface area contributed by atoms with E-state index in [2.05, 4.69) is 5.32 Å². The van der Waals surface area contributed by atoms with E-state index < -0.39 is 11.7 Å². The Balaban J connectivity index is 2.33. The molecule has 3 nitrogen and oxygen atoms in total. The van der Waals surface area contributed by atoms with Gasteiger partial charge >= 0.3 is 6.18 Å². The number of benzene rings is 2. The average molecular weight is 277 g/mol. The highest BCUT2D eigenvalue weighted by Gasteiger charge is 2.31. The SMILES string of the molecule is N#Cc1cc(C(F)(F)F)ccc1Nc1ccc(N)cc1. The van der Waals surface area contributed by atoms with E-state index in [-0.39, 0.29) is 5.56 Å². The molecule has 0 saturated carbocycles. The molecule has 0 aliphatic carbocycles. The first-order valence-corrected chi connectivity index (χ1v) is 5.64. The minimum atomic E-state index is -4.47. The quantitative estimate of drug-likeness (QED) is 0.818. The van der Waals surface area contributed by atoms with Crippen LogP contribution < -0.4 is 11.1 Å². The van der Waals surface area contributed by atoms with Gasteiger partial charge in [-0.05, 0) is 42.5 Å². The molecular weight excluding hydrogens is 267 g/mol. The molecule has 0 aliphatic rings. The van der Waals surface area contributed by atoms with Crippen molar-refractivity contribution in [3.05, 3.63) is 53.6 Å². The molecular formula is C14H10F3N3. The van der Waals surface area contributed by atoms with E-state index in [0.717, 1.165) is 12.1 Å². The van der Waals surface area contributed by atoms with Crippen molar-refractivity contribution >= 4 is 17.1 Å². The number of nitriles is 1. The summed E-state index contributed by atoms with van der Waals surface area (Å²) in [4.78, 5) is 0. The van der Waals surface area contributed by atoms with Crippen molar-refractivity contribution in [3.63, 3.8) is 0 Å². The number of halogens is 3. The lowest BCUT2D eigenvalue weighted by atomic mass is 10.1. The van der Waals surface area contributed by atoms with Gasteiger partial charge in [-0.2, -0.15) is 18.4 Å². The summed E-state index contributed by atoms with van der Waals surface area (Å²) in [5.41, 5.74) is 6.13. The Morgan fingerprint density at radius 1 is 1.05 bits per heavy atom. The molecule has 0 heterocycles. The van der Waals surface area contributed by atoms with E-state index >= 15 is 0 Å². The average Bonchev–Trinajstić information content (AvgIpc) is 2.40. The molecule has 0 radical (unpaired) electrons. The highest BCUT2D eigenvalue weighted by Crippen LogP contribution is 2.32. The monoisotopic (exact) mass is 277 g/mol. The molecule has 102 valence electrons. The Labute approximate surface area is 113 Å². The molecule has 0 aromatic heterocycles. The number of anilines is 3. The second-order valence-electron chi connectivity index (χ2n) is 4.12. The predicted octanol–water partition coefficient (Wildman–Crippen LogP) is 3.90. The maximum atomic E-state index is 12.6. The van der Waals surface area contributed by atoms with Gasteiger partial charge in [0.2, 0.25) is 0 Å². The minimum Gasteiger partial charge on any atom is -0.399 e. The number of rotatable bonds is 2. The third-order valence-corrected chi connectivity index (χ3v) is 2.66. The lowest BCUT2D eigenvalue weighted by molar-refractivity contribution is -0.137. The van der Waals surface area contributed by atoms with Crippen LogP contribution in [0.15, 0.2) is 42.5 Å². The van der Waals surface area contributed by atoms with Gasteiger partial charge in [0, 0.05) is 11.4 Å². The number of nitrogens with one attached hydrogen (secondary N) is 1. The summed E-state index contributed by atoms with van der Waals surface area (Å²) in [5, 5.41) is 11.8. The van der Waals surface area contributed by atoms with Crippen LogP contribution in [0.1, 0.15) is 11.1 Å². The van der Waals surface area contributed by atoms with Crippen LogP contribution in [0.2, 0.25) is 0 Å². The van der Waals surface area contributed by atoms with Crippen molar-refractivity contribution in [1.29, 1.82) is 5.26 Å². The van der Waals surface area contributed by atoms with Gasteiger partial charge in [-0.1, -0.05) is 0 Å². The number of nitrogens with zero attached hydrogens (tertiary/aromatic N) is 1. The molecule has 0 saturated heterocycles. The zero-order chi connectivity index (χ0) is 14.8. The summed E-state index contributed by atoms with van der Waals surface area (Å²) >= 11 is 0. The van der Waals surface area contributed by atoms with Crippen LogP contribution in [0.4, 0.5) is 30.2 Å². The summed E-state index contributed by atoms with van der Waals surface area (Å²) in [6, 6.07) is 11.4. The van der Waals surface area contributed by atoms with Crippen LogP contribution >= 0.6 is 0 Å². The fraction of sp³-hybridized carbons (Fsp3) is 0.0714. The van der Waals surface area contributed by atoms with Crippen LogP contribution in [-0.2, 0) is 6.18 Å². The first kappa shape index (κ1) is 13.7. The largest absolute Gasteiger partial charge is 0.416 e. The standard InChI is InChI=1S/C14H10F3N3/c15-14(16,17)10-1-6-13(9(7-10)8-18)20-12-4-2-11(19)3-5-12/h1-7,20H,19H2. The van der Waals surface area contributed by atoms with Gasteiger partial charge in [0.1, 0.15) is 6.07 Å². The van der Waals surface area contributed by atoms with Crippen molar-refractivity contribution in [3.8, 4) is 6.07 Å². The molecule has 6 heteroatoms. The Kier molecular flexibility index (Phi) is 3.53. The lowest BCUT2D eigenvalue weighted by Crippen LogP contribution is -2.06. The molecule has 3 N–H and O–H groups in total. The topological polar surface area (TPSA) is 61.8 Å². The number of hydrogen-bond donors (Lipinski definition) is 2. The molecule has 0 spiro atoms. The highest BCUT2D eigenvalue weighted by molar-refractivity contribution is 5.68. The van der Waals surface area contributed by atoms with Gasteiger partial charge in [0.05, 0.1) is 16.8 Å². The van der Waals surface area contributed by atoms with Crippen LogP contribution in [0.3, 0.4) is 0 Å². The van der Waals surface area contributed by atoms with Crippen LogP contribution in [0.25, 0.3) is 0 Å². The van der Waals surface area contributed by atoms with Crippen molar-refractivity contribution in [2.45, 2.75) is 6.18 Å². The molecule has 2 aromatic carbocycles. The van der Waals surface area contributed by atoms with Crippen molar-refractivity contribution in [2.75, 3.05) is 11.1 Å². The van der Waals surface area contributed by atoms with Crippen LogP contribution in [0.5, 0.6) is 0 Å². The number of nitrogen functional groups attached to an aromatic ring is 1. The van der Waals surface area contributed by atoms with Crippen molar-refractivity contribution < 1.29 is 13.2 Å². The summed E-state index contributed by atoms with van der Waals surface area (Å²) in [6.07, 6.45) is -4.47. The first-order valence-electron chi connectivity index (χ1n) is 5.64. The van der Waals surface area contributed by atoms with E-state index in [0.29, 0.717) is 17.1 Å². The number of hydrogen-bond acceptors (Lipinski definition) is 3. The summed E-state index contributed by atoms with van der Waals surface area (Å²) in [5.74, 6) is 0. The van der Waals surface area contributed by atoms with E-state index in [1.165, 1.54) is 6.07 Å². The van der Waals surface area contributed by atoms with Gasteiger partial charge in [-0.15, -0.1) is 0 Å². The van der Waals surface area contributed by atoms with E-state index in [4.69, 9.17) is 11.0 Å². The predicted molar refractivity (Wildman–Crippen MR) is 70.3 cm³/mol. The van der Waals surface area contributed by atoms with Gasteiger partial charge in [-0.25, -0.2) is 0 Å². The minimum absolute atomic E-state index is 0.0725. The Morgan fingerprint density at radius 2 is 1.70 bits per heavy atom. The number of nitrogens with two attached hydrogens (primary N) is 1. The van der Waals surface area contributed by atoms with Crippen LogP contribution in [0, 0.1) is 11.3 Å². The van der Waals surface area contributed by atoms with Crippen molar-refractivity contribution in [2.24, 2.45) is 0 Å². The summed E-state index contributed by atoms with van der Waals surface area (Å²) < 4.78 is 37.7. The maximum Gasteiger partial charge on any atom is 0.416 e. The Hall–Kier alpha value is -2.68. The molecule has 20 heavy (non-hydrogen) atoms. The third kappa shape index (κ3) is 3.01. The van der Waals surface area contributed by atoms with Gasteiger partial charge < -0.3 is 11.1 Å². The fourth-order valence-electron chi connectivity index (χ4n) is 1.64. The molecule has 0 bridgehead atoms. The van der Waals surface area contributed by atoms with Gasteiger partial charge in [0.15, 0.2) is 0 Å². The zero-order valence-electron chi connectivity index (χ0n) is 10.2. The lowest BCUT2D eigenvalue weighted by Gasteiger charge is -2.11. The Morgan fingerprint density at radius 3 is 2.25 bits per heavy atom. The summed E-state index contributed by atoms with van der Waals surface area (Å²) in [6.45, 7) is 0. The Bertz CT molecular complexity index is 655. The summed E-state index contributed by atoms with van der Waals surface area (Å²) in [7, 11) is 0. The maximum absolute atomic E-state index is 12.6. The van der Waals surface area contributed by atoms with E-state index in [1.54, 1.807) is 30.3 Å².